The number of benzene rings is 1. The van der Waals surface area contributed by atoms with Crippen LogP contribution in [-0.2, 0) is 4.79 Å². The molecule has 1 rings (SSSR count). The molecule has 1 aromatic rings. The van der Waals surface area contributed by atoms with E-state index in [4.69, 9.17) is 4.74 Å². The third-order valence-corrected chi connectivity index (χ3v) is 3.35. The number of hydrogen-bond donors (Lipinski definition) is 2. The Morgan fingerprint density at radius 1 is 1.32 bits per heavy atom. The summed E-state index contributed by atoms with van der Waals surface area (Å²) in [5.74, 6) is 0.584. The van der Waals surface area contributed by atoms with E-state index >= 15 is 0 Å². The van der Waals surface area contributed by atoms with E-state index in [1.54, 1.807) is 19.1 Å². The van der Waals surface area contributed by atoms with Gasteiger partial charge < -0.3 is 15.2 Å². The quantitative estimate of drug-likeness (QED) is 0.842. The molecule has 19 heavy (non-hydrogen) atoms. The van der Waals surface area contributed by atoms with E-state index in [0.29, 0.717) is 5.75 Å². The largest absolute Gasteiger partial charge is 0.481 e. The fraction of sp³-hybridized carbons (Fsp3) is 0.500. The van der Waals surface area contributed by atoms with Gasteiger partial charge in [0.1, 0.15) is 5.75 Å². The number of carbonyl (C=O) groups excluding carboxylic acids is 1. The summed E-state index contributed by atoms with van der Waals surface area (Å²) in [5.41, 5.74) is 0. The van der Waals surface area contributed by atoms with Crippen LogP contribution in [0.5, 0.6) is 5.75 Å². The maximum atomic E-state index is 11.9. The van der Waals surface area contributed by atoms with Crippen LogP contribution >= 0.6 is 15.9 Å². The zero-order chi connectivity index (χ0) is 14.4. The van der Waals surface area contributed by atoms with Crippen LogP contribution in [0.3, 0.4) is 0 Å². The molecule has 1 unspecified atom stereocenters. The minimum absolute atomic E-state index is 0.0750. The summed E-state index contributed by atoms with van der Waals surface area (Å²) in [5, 5.41) is 12.0. The highest BCUT2D eigenvalue weighted by molar-refractivity contribution is 9.10. The van der Waals surface area contributed by atoms with Gasteiger partial charge in [-0.15, -0.1) is 0 Å². The van der Waals surface area contributed by atoms with Gasteiger partial charge in [0.15, 0.2) is 6.10 Å². The first-order valence-corrected chi connectivity index (χ1v) is 7.06. The molecule has 106 valence electrons. The Balaban J connectivity index is 2.55. The van der Waals surface area contributed by atoms with E-state index in [1.165, 1.54) is 0 Å². The van der Waals surface area contributed by atoms with E-state index in [9.17, 15) is 9.90 Å². The van der Waals surface area contributed by atoms with Crippen LogP contribution in [0.4, 0.5) is 0 Å². The number of ether oxygens (including phenoxy) is 1. The SMILES string of the molecule is CC(Oc1ccc(Br)cc1)C(=O)N[C@H](CO)C(C)C. The Morgan fingerprint density at radius 3 is 2.37 bits per heavy atom. The van der Waals surface area contributed by atoms with Crippen LogP contribution < -0.4 is 10.1 Å². The smallest absolute Gasteiger partial charge is 0.261 e. The predicted octanol–water partition coefficient (Wildman–Crippen LogP) is 2.35. The van der Waals surface area contributed by atoms with E-state index < -0.39 is 6.10 Å². The molecule has 0 fully saturated rings. The predicted molar refractivity (Wildman–Crippen MR) is 78.1 cm³/mol. The Labute approximate surface area is 122 Å². The summed E-state index contributed by atoms with van der Waals surface area (Å²) in [6.45, 7) is 5.50. The highest BCUT2D eigenvalue weighted by atomic mass is 79.9. The maximum Gasteiger partial charge on any atom is 0.261 e. The lowest BCUT2D eigenvalue weighted by molar-refractivity contribution is -0.128. The highest BCUT2D eigenvalue weighted by Gasteiger charge is 2.20. The topological polar surface area (TPSA) is 58.6 Å². The van der Waals surface area contributed by atoms with Crippen molar-refractivity contribution >= 4 is 21.8 Å². The van der Waals surface area contributed by atoms with Gasteiger partial charge in [0.2, 0.25) is 0 Å². The molecule has 0 aliphatic carbocycles. The molecular weight excluding hydrogens is 310 g/mol. The summed E-state index contributed by atoms with van der Waals surface area (Å²) in [4.78, 5) is 11.9. The van der Waals surface area contributed by atoms with Gasteiger partial charge in [-0.05, 0) is 37.1 Å². The molecule has 0 aromatic heterocycles. The molecule has 0 aliphatic rings. The Morgan fingerprint density at radius 2 is 1.89 bits per heavy atom. The van der Waals surface area contributed by atoms with Gasteiger partial charge in [0, 0.05) is 4.47 Å². The van der Waals surface area contributed by atoms with E-state index in [2.05, 4.69) is 21.2 Å². The van der Waals surface area contributed by atoms with Gasteiger partial charge >= 0.3 is 0 Å². The summed E-state index contributed by atoms with van der Waals surface area (Å²) >= 11 is 3.34. The van der Waals surface area contributed by atoms with Crippen LogP contribution in [0.1, 0.15) is 20.8 Å². The van der Waals surface area contributed by atoms with Gasteiger partial charge in [-0.2, -0.15) is 0 Å². The maximum absolute atomic E-state index is 11.9. The fourth-order valence-corrected chi connectivity index (χ4v) is 1.76. The van der Waals surface area contributed by atoms with Crippen LogP contribution in [0.25, 0.3) is 0 Å². The third-order valence-electron chi connectivity index (χ3n) is 2.82. The molecule has 0 radical (unpaired) electrons. The number of amides is 1. The molecule has 4 nitrogen and oxygen atoms in total. The lowest BCUT2D eigenvalue weighted by atomic mass is 10.1. The monoisotopic (exact) mass is 329 g/mol. The standard InChI is InChI=1S/C14H20BrNO3/c1-9(2)13(8-17)16-14(18)10(3)19-12-6-4-11(15)5-7-12/h4-7,9-10,13,17H,8H2,1-3H3,(H,16,18)/t10?,13-/m1/s1. The Kier molecular flexibility index (Phi) is 6.31. The van der Waals surface area contributed by atoms with Gasteiger partial charge in [-0.25, -0.2) is 0 Å². The average molecular weight is 330 g/mol. The Hall–Kier alpha value is -1.07. The molecule has 0 bridgehead atoms. The zero-order valence-electron chi connectivity index (χ0n) is 11.4. The van der Waals surface area contributed by atoms with Crippen LogP contribution in [0.2, 0.25) is 0 Å². The van der Waals surface area contributed by atoms with Crippen molar-refractivity contribution in [2.24, 2.45) is 5.92 Å². The second-order valence-corrected chi connectivity index (χ2v) is 5.67. The van der Waals surface area contributed by atoms with Crippen LogP contribution in [0, 0.1) is 5.92 Å². The molecule has 5 heteroatoms. The van der Waals surface area contributed by atoms with Crippen molar-refractivity contribution in [2.75, 3.05) is 6.61 Å². The lowest BCUT2D eigenvalue weighted by Gasteiger charge is -2.22. The molecule has 1 amide bonds. The number of rotatable bonds is 6. The Bertz CT molecular complexity index is 406. The second kappa shape index (κ2) is 7.50. The molecule has 2 atom stereocenters. The van der Waals surface area contributed by atoms with Crippen molar-refractivity contribution < 1.29 is 14.6 Å². The van der Waals surface area contributed by atoms with E-state index in [1.807, 2.05) is 26.0 Å². The van der Waals surface area contributed by atoms with Crippen molar-refractivity contribution in [1.29, 1.82) is 0 Å². The minimum atomic E-state index is -0.603. The first-order chi connectivity index (χ1) is 8.93. The lowest BCUT2D eigenvalue weighted by Crippen LogP contribution is -2.46. The molecule has 0 saturated heterocycles. The van der Waals surface area contributed by atoms with Gasteiger partial charge in [0.25, 0.3) is 5.91 Å². The van der Waals surface area contributed by atoms with Crippen molar-refractivity contribution in [3.05, 3.63) is 28.7 Å². The molecule has 0 heterocycles. The van der Waals surface area contributed by atoms with Gasteiger partial charge in [0.05, 0.1) is 12.6 Å². The summed E-state index contributed by atoms with van der Waals surface area (Å²) in [6, 6.07) is 7.04. The van der Waals surface area contributed by atoms with Gasteiger partial charge in [-0.1, -0.05) is 29.8 Å². The molecule has 0 saturated carbocycles. The number of aliphatic hydroxyl groups excluding tert-OH is 1. The fourth-order valence-electron chi connectivity index (χ4n) is 1.49. The molecule has 0 spiro atoms. The van der Waals surface area contributed by atoms with E-state index in [0.717, 1.165) is 4.47 Å². The average Bonchev–Trinajstić information content (AvgIpc) is 2.37. The first kappa shape index (κ1) is 16.0. The summed E-state index contributed by atoms with van der Waals surface area (Å²) < 4.78 is 6.50. The third kappa shape index (κ3) is 5.20. The first-order valence-electron chi connectivity index (χ1n) is 6.27. The van der Waals surface area contributed by atoms with Crippen molar-refractivity contribution in [2.45, 2.75) is 32.9 Å². The molecule has 0 aliphatic heterocycles. The highest BCUT2D eigenvalue weighted by Crippen LogP contribution is 2.17. The van der Waals surface area contributed by atoms with Gasteiger partial charge in [-0.3, -0.25) is 4.79 Å². The van der Waals surface area contributed by atoms with Crippen molar-refractivity contribution in [1.82, 2.24) is 5.32 Å². The molecular formula is C14H20BrNO3. The normalized spacial score (nSPS) is 14.0. The van der Waals surface area contributed by atoms with Crippen LogP contribution in [0.15, 0.2) is 28.7 Å². The van der Waals surface area contributed by atoms with Crippen molar-refractivity contribution in [3.63, 3.8) is 0 Å². The number of hydrogen-bond acceptors (Lipinski definition) is 3. The van der Waals surface area contributed by atoms with E-state index in [-0.39, 0.29) is 24.5 Å². The minimum Gasteiger partial charge on any atom is -0.481 e. The molecule has 1 aromatic carbocycles. The second-order valence-electron chi connectivity index (χ2n) is 4.76. The van der Waals surface area contributed by atoms with Crippen molar-refractivity contribution in [3.8, 4) is 5.75 Å². The number of aliphatic hydroxyl groups is 1. The summed E-state index contributed by atoms with van der Waals surface area (Å²) in [6.07, 6.45) is -0.603. The zero-order valence-corrected chi connectivity index (χ0v) is 13.0. The number of nitrogens with one attached hydrogen (secondary N) is 1. The number of carbonyl (C=O) groups is 1. The molecule has 2 N–H and O–H groups in total. The van der Waals surface area contributed by atoms with Crippen LogP contribution in [-0.4, -0.2) is 29.8 Å². The number of halogens is 1. The summed E-state index contributed by atoms with van der Waals surface area (Å²) in [7, 11) is 0.